The minimum absolute atomic E-state index is 0.00141. The van der Waals surface area contributed by atoms with Gasteiger partial charge in [-0.15, -0.1) is 0 Å². The molecule has 4 nitrogen and oxygen atoms in total. The Morgan fingerprint density at radius 1 is 1.67 bits per heavy atom. The van der Waals surface area contributed by atoms with Crippen molar-refractivity contribution < 1.29 is 9.00 Å². The average molecular weight is 230 g/mol. The van der Waals surface area contributed by atoms with Gasteiger partial charge < -0.3 is 11.1 Å². The van der Waals surface area contributed by atoms with Crippen LogP contribution < -0.4 is 11.1 Å². The van der Waals surface area contributed by atoms with Gasteiger partial charge in [-0.1, -0.05) is 12.2 Å². The third kappa shape index (κ3) is 3.76. The van der Waals surface area contributed by atoms with Gasteiger partial charge >= 0.3 is 0 Å². The highest BCUT2D eigenvalue weighted by Crippen LogP contribution is 2.16. The van der Waals surface area contributed by atoms with Gasteiger partial charge in [-0.2, -0.15) is 0 Å². The van der Waals surface area contributed by atoms with Crippen molar-refractivity contribution in [3.63, 3.8) is 0 Å². The van der Waals surface area contributed by atoms with Crippen molar-refractivity contribution >= 4 is 16.7 Å². The monoisotopic (exact) mass is 230 g/mol. The van der Waals surface area contributed by atoms with Gasteiger partial charge in [0.25, 0.3) is 0 Å². The van der Waals surface area contributed by atoms with E-state index in [4.69, 9.17) is 5.73 Å². The lowest BCUT2D eigenvalue weighted by Gasteiger charge is -2.13. The van der Waals surface area contributed by atoms with Crippen LogP contribution in [0.5, 0.6) is 0 Å². The number of nitrogens with one attached hydrogen (secondary N) is 1. The van der Waals surface area contributed by atoms with E-state index in [0.717, 1.165) is 0 Å². The summed E-state index contributed by atoms with van der Waals surface area (Å²) >= 11 is 0. The van der Waals surface area contributed by atoms with Crippen molar-refractivity contribution in [1.29, 1.82) is 0 Å². The van der Waals surface area contributed by atoms with Crippen molar-refractivity contribution in [2.45, 2.75) is 24.6 Å². The number of hydrogen-bond donors (Lipinski definition) is 2. The SMILES string of the molecule is CC(CNC(=O)C1C=CC(N)C1)S(C)=O. The predicted molar refractivity (Wildman–Crippen MR) is 61.8 cm³/mol. The molecule has 1 aliphatic rings. The number of carbonyl (C=O) groups is 1. The largest absolute Gasteiger partial charge is 0.354 e. The van der Waals surface area contributed by atoms with Crippen LogP contribution in [-0.4, -0.2) is 34.2 Å². The number of nitrogens with two attached hydrogens (primary N) is 1. The van der Waals surface area contributed by atoms with Gasteiger partial charge in [-0.05, 0) is 13.3 Å². The maximum atomic E-state index is 11.6. The number of amides is 1. The van der Waals surface area contributed by atoms with Crippen LogP contribution in [-0.2, 0) is 15.6 Å². The van der Waals surface area contributed by atoms with Gasteiger partial charge in [0.1, 0.15) is 0 Å². The molecule has 15 heavy (non-hydrogen) atoms. The Balaban J connectivity index is 2.31. The molecule has 5 heteroatoms. The second-order valence-electron chi connectivity index (χ2n) is 3.95. The van der Waals surface area contributed by atoms with E-state index in [9.17, 15) is 9.00 Å². The molecule has 1 amide bonds. The first-order valence-corrected chi connectivity index (χ1v) is 6.66. The Bertz CT molecular complexity index is 291. The van der Waals surface area contributed by atoms with E-state index in [1.54, 1.807) is 6.26 Å². The van der Waals surface area contributed by atoms with Crippen molar-refractivity contribution in [3.05, 3.63) is 12.2 Å². The fourth-order valence-corrected chi connectivity index (χ4v) is 1.73. The Labute approximate surface area is 92.8 Å². The Morgan fingerprint density at radius 3 is 2.80 bits per heavy atom. The molecular weight excluding hydrogens is 212 g/mol. The molecule has 0 aliphatic heterocycles. The fourth-order valence-electron chi connectivity index (χ4n) is 1.41. The van der Waals surface area contributed by atoms with Gasteiger partial charge in [-0.3, -0.25) is 9.00 Å². The maximum absolute atomic E-state index is 11.6. The smallest absolute Gasteiger partial charge is 0.227 e. The highest BCUT2D eigenvalue weighted by molar-refractivity contribution is 7.84. The summed E-state index contributed by atoms with van der Waals surface area (Å²) < 4.78 is 11.1. The molecule has 3 N–H and O–H groups in total. The zero-order valence-electron chi connectivity index (χ0n) is 9.10. The topological polar surface area (TPSA) is 72.2 Å². The molecule has 0 aromatic rings. The van der Waals surface area contributed by atoms with Crippen molar-refractivity contribution in [2.24, 2.45) is 11.7 Å². The Kier molecular flexibility index (Phi) is 4.47. The molecule has 0 radical (unpaired) electrons. The zero-order valence-corrected chi connectivity index (χ0v) is 9.92. The lowest BCUT2D eigenvalue weighted by atomic mass is 10.1. The molecule has 0 saturated carbocycles. The lowest BCUT2D eigenvalue weighted by molar-refractivity contribution is -0.123. The van der Waals surface area contributed by atoms with Crippen molar-refractivity contribution in [3.8, 4) is 0 Å². The highest BCUT2D eigenvalue weighted by Gasteiger charge is 2.22. The molecule has 4 unspecified atom stereocenters. The summed E-state index contributed by atoms with van der Waals surface area (Å²) in [7, 11) is -0.893. The quantitative estimate of drug-likeness (QED) is 0.655. The first-order chi connectivity index (χ1) is 7.00. The second kappa shape index (κ2) is 5.42. The van der Waals surface area contributed by atoms with Crippen LogP contribution in [0.3, 0.4) is 0 Å². The molecule has 0 fully saturated rings. The molecular formula is C10H18N2O2S. The third-order valence-electron chi connectivity index (χ3n) is 2.58. The van der Waals surface area contributed by atoms with Crippen LogP contribution in [0.2, 0.25) is 0 Å². The Hall–Kier alpha value is -0.680. The molecule has 0 spiro atoms. The van der Waals surface area contributed by atoms with Crippen LogP contribution in [0, 0.1) is 5.92 Å². The van der Waals surface area contributed by atoms with E-state index in [-0.39, 0.29) is 23.1 Å². The van der Waals surface area contributed by atoms with Gasteiger partial charge in [-0.25, -0.2) is 0 Å². The molecule has 0 aromatic carbocycles. The van der Waals surface area contributed by atoms with Crippen LogP contribution >= 0.6 is 0 Å². The van der Waals surface area contributed by atoms with E-state index in [2.05, 4.69) is 5.32 Å². The molecule has 0 bridgehead atoms. The lowest BCUT2D eigenvalue weighted by Crippen LogP contribution is -2.36. The van der Waals surface area contributed by atoms with Crippen LogP contribution in [0.4, 0.5) is 0 Å². The normalized spacial score (nSPS) is 28.7. The first kappa shape index (κ1) is 12.4. The second-order valence-corrected chi connectivity index (χ2v) is 5.75. The summed E-state index contributed by atoms with van der Waals surface area (Å²) in [5, 5.41) is 2.78. The number of rotatable bonds is 4. The molecule has 86 valence electrons. The van der Waals surface area contributed by atoms with Crippen LogP contribution in [0.25, 0.3) is 0 Å². The Morgan fingerprint density at radius 2 is 2.33 bits per heavy atom. The fraction of sp³-hybridized carbons (Fsp3) is 0.700. The van der Waals surface area contributed by atoms with Crippen LogP contribution in [0.1, 0.15) is 13.3 Å². The zero-order chi connectivity index (χ0) is 11.4. The first-order valence-electron chi connectivity index (χ1n) is 5.04. The van der Waals surface area contributed by atoms with E-state index < -0.39 is 10.8 Å². The number of hydrogen-bond acceptors (Lipinski definition) is 3. The molecule has 0 aromatic heterocycles. The summed E-state index contributed by atoms with van der Waals surface area (Å²) in [6.45, 7) is 2.31. The molecule has 0 saturated heterocycles. The van der Waals surface area contributed by atoms with Gasteiger partial charge in [0.05, 0.1) is 5.92 Å². The van der Waals surface area contributed by atoms with E-state index in [1.165, 1.54) is 0 Å². The maximum Gasteiger partial charge on any atom is 0.227 e. The predicted octanol–water partition coefficient (Wildman–Crippen LogP) is -0.227. The van der Waals surface area contributed by atoms with E-state index >= 15 is 0 Å². The molecule has 0 heterocycles. The van der Waals surface area contributed by atoms with Gasteiger partial charge in [0, 0.05) is 34.9 Å². The van der Waals surface area contributed by atoms with Gasteiger partial charge in [0.2, 0.25) is 5.91 Å². The van der Waals surface area contributed by atoms with E-state index in [0.29, 0.717) is 13.0 Å². The number of carbonyl (C=O) groups excluding carboxylic acids is 1. The van der Waals surface area contributed by atoms with Crippen molar-refractivity contribution in [2.75, 3.05) is 12.8 Å². The minimum atomic E-state index is -0.893. The molecule has 4 atom stereocenters. The summed E-state index contributed by atoms with van der Waals surface area (Å²) in [6, 6.07) is -0.00141. The summed E-state index contributed by atoms with van der Waals surface area (Å²) in [4.78, 5) is 11.6. The van der Waals surface area contributed by atoms with E-state index in [1.807, 2.05) is 19.1 Å². The van der Waals surface area contributed by atoms with Gasteiger partial charge in [0.15, 0.2) is 0 Å². The summed E-state index contributed by atoms with van der Waals surface area (Å²) in [6.07, 6.45) is 6.01. The highest BCUT2D eigenvalue weighted by atomic mass is 32.2. The molecule has 1 aliphatic carbocycles. The van der Waals surface area contributed by atoms with Crippen molar-refractivity contribution in [1.82, 2.24) is 5.32 Å². The summed E-state index contributed by atoms with van der Waals surface area (Å²) in [5.74, 6) is -0.131. The average Bonchev–Trinajstić information content (AvgIpc) is 2.60. The molecule has 1 rings (SSSR count). The van der Waals surface area contributed by atoms with Crippen LogP contribution in [0.15, 0.2) is 12.2 Å². The third-order valence-corrected chi connectivity index (χ3v) is 3.88. The summed E-state index contributed by atoms with van der Waals surface area (Å²) in [5.41, 5.74) is 5.65. The minimum Gasteiger partial charge on any atom is -0.354 e. The standard InChI is InChI=1S/C10H18N2O2S/c1-7(15(2)14)6-12-10(13)8-3-4-9(11)5-8/h3-4,7-9H,5-6,11H2,1-2H3,(H,12,13).